The van der Waals surface area contributed by atoms with Crippen molar-refractivity contribution in [3.05, 3.63) is 0 Å². The first kappa shape index (κ1) is 19.8. The monoisotopic (exact) mass is 300 g/mol. The molecule has 0 spiro atoms. The molecule has 1 aliphatic rings. The van der Waals surface area contributed by atoms with Crippen LogP contribution in [-0.4, -0.2) is 47.7 Å². The van der Waals surface area contributed by atoms with E-state index in [0.717, 1.165) is 13.2 Å². The Morgan fingerprint density at radius 3 is 1.05 bits per heavy atom. The zero-order valence-corrected chi connectivity index (χ0v) is 9.22. The van der Waals surface area contributed by atoms with Crippen LogP contribution in [0.4, 0.5) is 26.3 Å². The van der Waals surface area contributed by atoms with Crippen LogP contribution in [0.2, 0.25) is 0 Å². The number of hydrogen-bond donors (Lipinski definition) is 2. The van der Waals surface area contributed by atoms with Gasteiger partial charge in [-0.2, -0.15) is 26.3 Å². The third-order valence-corrected chi connectivity index (χ3v) is 1.31. The van der Waals surface area contributed by atoms with E-state index in [0.29, 0.717) is 0 Å². The van der Waals surface area contributed by atoms with Gasteiger partial charge in [0, 0.05) is 13.2 Å². The molecule has 1 aliphatic heterocycles. The minimum Gasteiger partial charge on any atom is -0.475 e. The Kier molecular flexibility index (Phi) is 8.92. The minimum absolute atomic E-state index is 1.00. The molecule has 0 saturated carbocycles. The highest BCUT2D eigenvalue weighted by molar-refractivity contribution is 5.73. The first-order valence-corrected chi connectivity index (χ1v) is 4.57. The number of aliphatic carboxylic acids is 2. The van der Waals surface area contributed by atoms with E-state index < -0.39 is 24.3 Å². The van der Waals surface area contributed by atoms with Gasteiger partial charge in [0.15, 0.2) is 0 Å². The van der Waals surface area contributed by atoms with Crippen molar-refractivity contribution in [2.75, 3.05) is 13.2 Å². The van der Waals surface area contributed by atoms with Crippen molar-refractivity contribution in [1.29, 1.82) is 0 Å². The lowest BCUT2D eigenvalue weighted by atomic mass is 10.4. The summed E-state index contributed by atoms with van der Waals surface area (Å²) in [7, 11) is 0. The Bertz CT molecular complexity index is 249. The van der Waals surface area contributed by atoms with Gasteiger partial charge in [0.25, 0.3) is 0 Å². The smallest absolute Gasteiger partial charge is 0.475 e. The molecule has 0 aromatic rings. The second kappa shape index (κ2) is 8.56. The Morgan fingerprint density at radius 1 is 0.789 bits per heavy atom. The summed E-state index contributed by atoms with van der Waals surface area (Å²) in [6, 6.07) is 0. The van der Waals surface area contributed by atoms with E-state index in [1.54, 1.807) is 0 Å². The largest absolute Gasteiger partial charge is 0.490 e. The van der Waals surface area contributed by atoms with Crippen molar-refractivity contribution in [2.24, 2.45) is 0 Å². The summed E-state index contributed by atoms with van der Waals surface area (Å²) >= 11 is 0. The zero-order valence-electron chi connectivity index (χ0n) is 9.22. The van der Waals surface area contributed by atoms with Crippen LogP contribution in [0.25, 0.3) is 0 Å². The van der Waals surface area contributed by atoms with E-state index in [-0.39, 0.29) is 0 Å². The van der Waals surface area contributed by atoms with Gasteiger partial charge in [0.05, 0.1) is 0 Å². The predicted molar refractivity (Wildman–Crippen MR) is 47.4 cm³/mol. The SMILES string of the molecule is C1CCOC1.O=C(O)C(F)(F)F.O=C(O)C(F)(F)F. The van der Waals surface area contributed by atoms with E-state index in [2.05, 4.69) is 0 Å². The minimum atomic E-state index is -5.08. The average Bonchev–Trinajstić information content (AvgIpc) is 2.72. The van der Waals surface area contributed by atoms with Crippen LogP contribution in [0.1, 0.15) is 12.8 Å². The molecule has 1 heterocycles. The van der Waals surface area contributed by atoms with Crippen LogP contribution in [-0.2, 0) is 14.3 Å². The summed E-state index contributed by atoms with van der Waals surface area (Å²) in [4.78, 5) is 17.8. The lowest BCUT2D eigenvalue weighted by Crippen LogP contribution is -2.21. The van der Waals surface area contributed by atoms with Crippen LogP contribution in [0.15, 0.2) is 0 Å². The van der Waals surface area contributed by atoms with Gasteiger partial charge in [-0.3, -0.25) is 0 Å². The van der Waals surface area contributed by atoms with E-state index >= 15 is 0 Å². The second-order valence-corrected chi connectivity index (χ2v) is 2.93. The molecule has 1 fully saturated rings. The van der Waals surface area contributed by atoms with Gasteiger partial charge in [0.1, 0.15) is 0 Å². The third-order valence-electron chi connectivity index (χ3n) is 1.31. The molecule has 0 bridgehead atoms. The molecular weight excluding hydrogens is 290 g/mol. The van der Waals surface area contributed by atoms with Crippen molar-refractivity contribution in [3.8, 4) is 0 Å². The van der Waals surface area contributed by atoms with Gasteiger partial charge < -0.3 is 14.9 Å². The van der Waals surface area contributed by atoms with E-state index in [4.69, 9.17) is 24.5 Å². The normalized spacial score (nSPS) is 14.6. The van der Waals surface area contributed by atoms with Crippen molar-refractivity contribution < 1.29 is 50.9 Å². The molecule has 0 radical (unpaired) electrons. The van der Waals surface area contributed by atoms with Gasteiger partial charge in [-0.05, 0) is 12.8 Å². The highest BCUT2D eigenvalue weighted by Gasteiger charge is 2.38. The molecule has 11 heteroatoms. The molecule has 114 valence electrons. The lowest BCUT2D eigenvalue weighted by Gasteiger charge is -1.93. The van der Waals surface area contributed by atoms with Crippen LogP contribution >= 0.6 is 0 Å². The fraction of sp³-hybridized carbons (Fsp3) is 0.750. The maximum Gasteiger partial charge on any atom is 0.490 e. The van der Waals surface area contributed by atoms with Crippen molar-refractivity contribution in [2.45, 2.75) is 25.2 Å². The maximum absolute atomic E-state index is 10.6. The molecule has 2 N–H and O–H groups in total. The van der Waals surface area contributed by atoms with Crippen molar-refractivity contribution in [1.82, 2.24) is 0 Å². The van der Waals surface area contributed by atoms with Crippen LogP contribution in [0.3, 0.4) is 0 Å². The number of rotatable bonds is 0. The highest BCUT2D eigenvalue weighted by atomic mass is 19.4. The number of carboxylic acid groups (broad SMARTS) is 2. The van der Waals surface area contributed by atoms with E-state index in [1.165, 1.54) is 12.8 Å². The highest BCUT2D eigenvalue weighted by Crippen LogP contribution is 2.13. The molecule has 5 nitrogen and oxygen atoms in total. The quantitative estimate of drug-likeness (QED) is 0.669. The fourth-order valence-corrected chi connectivity index (χ4v) is 0.510. The van der Waals surface area contributed by atoms with Gasteiger partial charge in [0.2, 0.25) is 0 Å². The second-order valence-electron chi connectivity index (χ2n) is 2.93. The summed E-state index contributed by atoms with van der Waals surface area (Å²) in [5.41, 5.74) is 0. The van der Waals surface area contributed by atoms with Gasteiger partial charge in [-0.25, -0.2) is 9.59 Å². The molecule has 1 rings (SSSR count). The molecule has 1 saturated heterocycles. The molecule has 0 amide bonds. The summed E-state index contributed by atoms with van der Waals surface area (Å²) in [6.45, 7) is 2.00. The van der Waals surface area contributed by atoms with Crippen LogP contribution < -0.4 is 0 Å². The summed E-state index contributed by atoms with van der Waals surface area (Å²) in [5, 5.41) is 14.2. The third kappa shape index (κ3) is 14.4. The number of alkyl halides is 6. The number of ether oxygens (including phenoxy) is 1. The lowest BCUT2D eigenvalue weighted by molar-refractivity contribution is -0.193. The Hall–Kier alpha value is -1.52. The standard InChI is InChI=1S/C4H8O.2C2HF3O2/c1-2-4-5-3-1;2*3-2(4,5)1(6)7/h1-4H2;2*(H,6,7). The topological polar surface area (TPSA) is 83.8 Å². The van der Waals surface area contributed by atoms with Crippen molar-refractivity contribution in [3.63, 3.8) is 0 Å². The number of halogens is 6. The molecule has 19 heavy (non-hydrogen) atoms. The molecule has 0 aromatic carbocycles. The summed E-state index contributed by atoms with van der Waals surface area (Å²) in [6.07, 6.45) is -7.61. The number of carboxylic acids is 2. The predicted octanol–water partition coefficient (Wildman–Crippen LogP) is 2.06. The molecule has 0 unspecified atom stereocenters. The van der Waals surface area contributed by atoms with Gasteiger partial charge >= 0.3 is 24.3 Å². The van der Waals surface area contributed by atoms with Crippen LogP contribution in [0.5, 0.6) is 0 Å². The molecule has 0 atom stereocenters. The van der Waals surface area contributed by atoms with Gasteiger partial charge in [-0.1, -0.05) is 0 Å². The Morgan fingerprint density at radius 2 is 1.00 bits per heavy atom. The molecular formula is C8H10F6O5. The zero-order chi connectivity index (χ0) is 15.7. The summed E-state index contributed by atoms with van der Waals surface area (Å²) in [5.74, 6) is -5.51. The Labute approximate surface area is 102 Å². The Balaban J connectivity index is 0. The van der Waals surface area contributed by atoms with Gasteiger partial charge in [-0.15, -0.1) is 0 Å². The first-order chi connectivity index (χ1) is 8.39. The average molecular weight is 300 g/mol. The van der Waals surface area contributed by atoms with E-state index in [1.807, 2.05) is 0 Å². The fourth-order valence-electron chi connectivity index (χ4n) is 0.510. The molecule has 0 aliphatic carbocycles. The first-order valence-electron chi connectivity index (χ1n) is 4.57. The number of hydrogen-bond acceptors (Lipinski definition) is 3. The number of carbonyl (C=O) groups is 2. The van der Waals surface area contributed by atoms with Crippen LogP contribution in [0, 0.1) is 0 Å². The molecule has 0 aromatic heterocycles. The van der Waals surface area contributed by atoms with Crippen molar-refractivity contribution >= 4 is 11.9 Å². The van der Waals surface area contributed by atoms with E-state index in [9.17, 15) is 26.3 Å². The summed E-state index contributed by atoms with van der Waals surface area (Å²) < 4.78 is 68.4. The maximum atomic E-state index is 10.6.